The zero-order chi connectivity index (χ0) is 14.0. The number of rotatable bonds is 4. The summed E-state index contributed by atoms with van der Waals surface area (Å²) in [6.45, 7) is 9.74. The molecule has 0 aliphatic heterocycles. The number of carbonyl (C=O) groups excluding carboxylic acids is 2. The van der Waals surface area contributed by atoms with Gasteiger partial charge in [0, 0.05) is 14.1 Å². The van der Waals surface area contributed by atoms with Crippen LogP contribution in [0.3, 0.4) is 0 Å². The van der Waals surface area contributed by atoms with Crippen LogP contribution in [-0.4, -0.2) is 30.8 Å². The van der Waals surface area contributed by atoms with Crippen LogP contribution < -0.4 is 5.73 Å². The molecule has 2 N–H and O–H groups in total. The van der Waals surface area contributed by atoms with E-state index in [0.29, 0.717) is 0 Å². The van der Waals surface area contributed by atoms with Gasteiger partial charge in [0.15, 0.2) is 0 Å². The highest BCUT2D eigenvalue weighted by molar-refractivity contribution is 5.87. The molecule has 0 fully saturated rings. The molecule has 0 heterocycles. The fraction of sp³-hybridized carbons (Fsp3) is 0.846. The molecule has 0 saturated heterocycles. The molecule has 0 aromatic carbocycles. The van der Waals surface area contributed by atoms with Gasteiger partial charge in [0.05, 0.1) is 11.8 Å². The van der Waals surface area contributed by atoms with Gasteiger partial charge in [-0.1, -0.05) is 34.6 Å². The zero-order valence-corrected chi connectivity index (χ0v) is 12.1. The van der Waals surface area contributed by atoms with Gasteiger partial charge in [0.2, 0.25) is 11.8 Å². The molecule has 0 rings (SSSR count). The Balaban J connectivity index is 5.42. The highest BCUT2D eigenvalue weighted by Gasteiger charge is 2.42. The Morgan fingerprint density at radius 3 is 1.71 bits per heavy atom. The van der Waals surface area contributed by atoms with Crippen molar-refractivity contribution in [2.75, 3.05) is 14.1 Å². The summed E-state index contributed by atoms with van der Waals surface area (Å²) in [6.07, 6.45) is 0. The molecule has 0 aliphatic rings. The lowest BCUT2D eigenvalue weighted by Gasteiger charge is -2.37. The van der Waals surface area contributed by atoms with Crippen molar-refractivity contribution >= 4 is 11.8 Å². The predicted octanol–water partition coefficient (Wildman–Crippen LogP) is 1.49. The molecular weight excluding hydrogens is 216 g/mol. The molecule has 0 bridgehead atoms. The Morgan fingerprint density at radius 1 is 1.12 bits per heavy atom. The van der Waals surface area contributed by atoms with Gasteiger partial charge in [-0.05, 0) is 11.3 Å². The third kappa shape index (κ3) is 4.02. The van der Waals surface area contributed by atoms with Crippen molar-refractivity contribution in [3.8, 4) is 0 Å². The highest BCUT2D eigenvalue weighted by Crippen LogP contribution is 2.36. The Hall–Kier alpha value is -1.06. The Labute approximate surface area is 105 Å². The number of nitrogens with two attached hydrogens (primary N) is 1. The largest absolute Gasteiger partial charge is 0.369 e. The predicted molar refractivity (Wildman–Crippen MR) is 69.2 cm³/mol. The van der Waals surface area contributed by atoms with Crippen LogP contribution in [-0.2, 0) is 9.59 Å². The van der Waals surface area contributed by atoms with Crippen LogP contribution in [0.15, 0.2) is 0 Å². The molecule has 17 heavy (non-hydrogen) atoms. The molecule has 2 amide bonds. The number of amides is 2. The normalized spacial score (nSPS) is 15.5. The number of primary amides is 1. The van der Waals surface area contributed by atoms with E-state index in [0.717, 1.165) is 0 Å². The summed E-state index contributed by atoms with van der Waals surface area (Å²) in [7, 11) is 3.41. The fourth-order valence-electron chi connectivity index (χ4n) is 2.25. The summed E-state index contributed by atoms with van der Waals surface area (Å²) in [6, 6.07) is 0. The van der Waals surface area contributed by atoms with Crippen molar-refractivity contribution in [3.63, 3.8) is 0 Å². The molecule has 0 radical (unpaired) electrons. The summed E-state index contributed by atoms with van der Waals surface area (Å²) in [5.74, 6) is -1.15. The average Bonchev–Trinajstić information content (AvgIpc) is 2.09. The van der Waals surface area contributed by atoms with E-state index in [-0.39, 0.29) is 23.2 Å². The van der Waals surface area contributed by atoms with E-state index in [1.807, 2.05) is 34.6 Å². The first-order chi connectivity index (χ1) is 7.50. The molecule has 0 aliphatic carbocycles. The van der Waals surface area contributed by atoms with Crippen molar-refractivity contribution in [1.82, 2.24) is 4.90 Å². The molecule has 0 spiro atoms. The van der Waals surface area contributed by atoms with E-state index in [9.17, 15) is 9.59 Å². The summed E-state index contributed by atoms with van der Waals surface area (Å²) in [5.41, 5.74) is 5.18. The maximum atomic E-state index is 12.2. The van der Waals surface area contributed by atoms with Crippen molar-refractivity contribution in [2.45, 2.75) is 34.6 Å². The van der Waals surface area contributed by atoms with Crippen LogP contribution in [0, 0.1) is 23.2 Å². The summed E-state index contributed by atoms with van der Waals surface area (Å²) < 4.78 is 0. The van der Waals surface area contributed by atoms with E-state index in [1.165, 1.54) is 4.90 Å². The lowest BCUT2D eigenvalue weighted by molar-refractivity contribution is -0.144. The van der Waals surface area contributed by atoms with Crippen LogP contribution in [0.4, 0.5) is 0 Å². The van der Waals surface area contributed by atoms with Gasteiger partial charge in [-0.3, -0.25) is 9.59 Å². The molecule has 0 aromatic rings. The minimum atomic E-state index is -0.447. The number of carbonyl (C=O) groups is 2. The second kappa shape index (κ2) is 5.52. The molecule has 4 nitrogen and oxygen atoms in total. The Kier molecular flexibility index (Phi) is 5.17. The molecule has 2 atom stereocenters. The summed E-state index contributed by atoms with van der Waals surface area (Å²) in [4.78, 5) is 25.4. The average molecular weight is 242 g/mol. The molecule has 1 unspecified atom stereocenters. The van der Waals surface area contributed by atoms with E-state index >= 15 is 0 Å². The van der Waals surface area contributed by atoms with Gasteiger partial charge in [-0.25, -0.2) is 0 Å². The zero-order valence-electron chi connectivity index (χ0n) is 12.1. The fourth-order valence-corrected chi connectivity index (χ4v) is 2.25. The minimum absolute atomic E-state index is 0.0290. The van der Waals surface area contributed by atoms with Crippen molar-refractivity contribution in [1.29, 1.82) is 0 Å². The van der Waals surface area contributed by atoms with Crippen LogP contribution in [0.25, 0.3) is 0 Å². The SMILES string of the molecule is CC(C)[C@@H](C(=O)N(C)C)C(C(N)=O)C(C)(C)C. The van der Waals surface area contributed by atoms with Crippen LogP contribution >= 0.6 is 0 Å². The molecular formula is C13H26N2O2. The third-order valence-corrected chi connectivity index (χ3v) is 3.04. The second-order valence-corrected chi connectivity index (χ2v) is 6.25. The van der Waals surface area contributed by atoms with Crippen molar-refractivity contribution in [3.05, 3.63) is 0 Å². The van der Waals surface area contributed by atoms with E-state index < -0.39 is 11.8 Å². The van der Waals surface area contributed by atoms with Crippen molar-refractivity contribution in [2.24, 2.45) is 28.9 Å². The number of hydrogen-bond donors (Lipinski definition) is 1. The molecule has 0 saturated carbocycles. The first-order valence-corrected chi connectivity index (χ1v) is 6.00. The van der Waals surface area contributed by atoms with E-state index in [2.05, 4.69) is 0 Å². The first-order valence-electron chi connectivity index (χ1n) is 6.00. The summed E-state index contributed by atoms with van der Waals surface area (Å²) in [5, 5.41) is 0. The first kappa shape index (κ1) is 15.9. The number of hydrogen-bond acceptors (Lipinski definition) is 2. The lowest BCUT2D eigenvalue weighted by Crippen LogP contribution is -2.47. The topological polar surface area (TPSA) is 63.4 Å². The molecule has 100 valence electrons. The van der Waals surface area contributed by atoms with Crippen LogP contribution in [0.1, 0.15) is 34.6 Å². The van der Waals surface area contributed by atoms with Gasteiger partial charge in [0.1, 0.15) is 0 Å². The van der Waals surface area contributed by atoms with E-state index in [1.54, 1.807) is 14.1 Å². The third-order valence-electron chi connectivity index (χ3n) is 3.04. The van der Waals surface area contributed by atoms with Gasteiger partial charge < -0.3 is 10.6 Å². The Bertz CT molecular complexity index is 290. The lowest BCUT2D eigenvalue weighted by atomic mass is 9.68. The van der Waals surface area contributed by atoms with Gasteiger partial charge in [0.25, 0.3) is 0 Å². The van der Waals surface area contributed by atoms with Gasteiger partial charge in [-0.15, -0.1) is 0 Å². The Morgan fingerprint density at radius 2 is 1.53 bits per heavy atom. The van der Waals surface area contributed by atoms with Gasteiger partial charge in [-0.2, -0.15) is 0 Å². The van der Waals surface area contributed by atoms with Crippen LogP contribution in [0.2, 0.25) is 0 Å². The standard InChI is InChI=1S/C13H26N2O2/c1-8(2)9(12(17)15(6)7)10(11(14)16)13(3,4)5/h8-10H,1-7H3,(H2,14,16)/t9-,10?/m1/s1. The quantitative estimate of drug-likeness (QED) is 0.812. The highest BCUT2D eigenvalue weighted by atomic mass is 16.2. The summed E-state index contributed by atoms with van der Waals surface area (Å²) >= 11 is 0. The van der Waals surface area contributed by atoms with E-state index in [4.69, 9.17) is 5.73 Å². The molecule has 0 aromatic heterocycles. The number of nitrogens with zero attached hydrogens (tertiary/aromatic N) is 1. The monoisotopic (exact) mass is 242 g/mol. The minimum Gasteiger partial charge on any atom is -0.369 e. The van der Waals surface area contributed by atoms with Gasteiger partial charge >= 0.3 is 0 Å². The molecule has 4 heteroatoms. The maximum Gasteiger partial charge on any atom is 0.226 e. The van der Waals surface area contributed by atoms with Crippen molar-refractivity contribution < 1.29 is 9.59 Å². The maximum absolute atomic E-state index is 12.2. The van der Waals surface area contributed by atoms with Crippen LogP contribution in [0.5, 0.6) is 0 Å². The second-order valence-electron chi connectivity index (χ2n) is 6.25. The smallest absolute Gasteiger partial charge is 0.226 e.